The van der Waals surface area contributed by atoms with Gasteiger partial charge in [0.1, 0.15) is 5.82 Å². The van der Waals surface area contributed by atoms with Crippen LogP contribution >= 0.6 is 11.9 Å². The number of hydrogen-bond donors (Lipinski definition) is 0. The summed E-state index contributed by atoms with van der Waals surface area (Å²) in [5.41, 5.74) is 0.408. The van der Waals surface area contributed by atoms with Crippen molar-refractivity contribution in [1.29, 1.82) is 0 Å². The summed E-state index contributed by atoms with van der Waals surface area (Å²) in [5, 5.41) is 0.566. The quantitative estimate of drug-likeness (QED) is 0.658. The average molecular weight is 261 g/mol. The molecule has 0 bridgehead atoms. The Bertz CT molecular complexity index is 692. The van der Waals surface area contributed by atoms with Gasteiger partial charge in [-0.05, 0) is 36.2 Å². The molecule has 1 aromatic heterocycles. The molecular formula is C14H9F2NS. The third-order valence-electron chi connectivity index (χ3n) is 2.61. The van der Waals surface area contributed by atoms with Gasteiger partial charge in [0.15, 0.2) is 5.82 Å². The van der Waals surface area contributed by atoms with Crippen molar-refractivity contribution in [2.24, 2.45) is 0 Å². The van der Waals surface area contributed by atoms with Gasteiger partial charge in [-0.2, -0.15) is 0 Å². The first-order valence-corrected chi connectivity index (χ1v) is 6.21. The zero-order chi connectivity index (χ0) is 12.5. The molecule has 1 heterocycles. The number of halogens is 2. The zero-order valence-electron chi connectivity index (χ0n) is 9.31. The van der Waals surface area contributed by atoms with E-state index in [0.717, 1.165) is 11.0 Å². The van der Waals surface area contributed by atoms with Crippen LogP contribution in [0.2, 0.25) is 0 Å². The van der Waals surface area contributed by atoms with Crippen LogP contribution in [0.3, 0.4) is 0 Å². The van der Waals surface area contributed by atoms with Gasteiger partial charge in [-0.1, -0.05) is 18.2 Å². The highest BCUT2D eigenvalue weighted by atomic mass is 32.2. The summed E-state index contributed by atoms with van der Waals surface area (Å²) in [4.78, 5) is 0.999. The number of fused-ring (bicyclic) bond motifs is 1. The first-order valence-electron chi connectivity index (χ1n) is 5.43. The van der Waals surface area contributed by atoms with Gasteiger partial charge in [0.05, 0.1) is 5.52 Å². The molecule has 4 heteroatoms. The molecule has 1 nitrogen and oxygen atoms in total. The van der Waals surface area contributed by atoms with E-state index in [1.807, 2.05) is 30.3 Å². The summed E-state index contributed by atoms with van der Waals surface area (Å²) in [6, 6.07) is 13.6. The van der Waals surface area contributed by atoms with Crippen molar-refractivity contribution in [3.63, 3.8) is 0 Å². The van der Waals surface area contributed by atoms with Crippen LogP contribution in [-0.4, -0.2) is 3.97 Å². The summed E-state index contributed by atoms with van der Waals surface area (Å²) < 4.78 is 28.6. The molecule has 0 unspecified atom stereocenters. The van der Waals surface area contributed by atoms with Gasteiger partial charge in [0, 0.05) is 22.5 Å². The molecular weight excluding hydrogens is 252 g/mol. The Morgan fingerprint density at radius 2 is 1.72 bits per heavy atom. The lowest BCUT2D eigenvalue weighted by atomic mass is 10.2. The van der Waals surface area contributed by atoms with Crippen molar-refractivity contribution in [2.75, 3.05) is 0 Å². The second-order valence-corrected chi connectivity index (χ2v) is 4.92. The van der Waals surface area contributed by atoms with E-state index in [2.05, 4.69) is 0 Å². The van der Waals surface area contributed by atoms with Crippen molar-refractivity contribution in [2.45, 2.75) is 4.90 Å². The Morgan fingerprint density at radius 3 is 2.50 bits per heavy atom. The molecule has 0 aliphatic heterocycles. The van der Waals surface area contributed by atoms with Gasteiger partial charge in [0.25, 0.3) is 0 Å². The fourth-order valence-electron chi connectivity index (χ4n) is 1.84. The van der Waals surface area contributed by atoms with E-state index in [9.17, 15) is 8.78 Å². The van der Waals surface area contributed by atoms with Crippen LogP contribution in [0.25, 0.3) is 10.9 Å². The minimum atomic E-state index is -0.553. The second kappa shape index (κ2) is 4.46. The standard InChI is InChI=1S/C14H9F2NS/c15-11-8-10-6-7-17(14(10)13(16)9-11)18-12-4-2-1-3-5-12/h1-9H. The third kappa shape index (κ3) is 1.99. The molecule has 0 spiro atoms. The smallest absolute Gasteiger partial charge is 0.151 e. The molecule has 0 radical (unpaired) electrons. The van der Waals surface area contributed by atoms with Crippen molar-refractivity contribution in [3.05, 3.63) is 66.4 Å². The van der Waals surface area contributed by atoms with E-state index >= 15 is 0 Å². The van der Waals surface area contributed by atoms with Crippen LogP contribution in [0.15, 0.2) is 59.6 Å². The molecule has 0 atom stereocenters. The van der Waals surface area contributed by atoms with Gasteiger partial charge in [-0.15, -0.1) is 0 Å². The summed E-state index contributed by atoms with van der Waals surface area (Å²) in [7, 11) is 0. The summed E-state index contributed by atoms with van der Waals surface area (Å²) in [6.07, 6.45) is 1.74. The normalized spacial score (nSPS) is 11.0. The molecule has 0 N–H and O–H groups in total. The van der Waals surface area contributed by atoms with Crippen molar-refractivity contribution in [1.82, 2.24) is 3.97 Å². The van der Waals surface area contributed by atoms with Crippen LogP contribution < -0.4 is 0 Å². The van der Waals surface area contributed by atoms with Gasteiger partial charge >= 0.3 is 0 Å². The zero-order valence-corrected chi connectivity index (χ0v) is 10.1. The molecule has 0 aliphatic rings. The lowest BCUT2D eigenvalue weighted by Crippen LogP contribution is -1.89. The minimum Gasteiger partial charge on any atom is -0.284 e. The van der Waals surface area contributed by atoms with Crippen molar-refractivity contribution in [3.8, 4) is 0 Å². The summed E-state index contributed by atoms with van der Waals surface area (Å²) in [5.74, 6) is -1.10. The predicted octanol–water partition coefficient (Wildman–Crippen LogP) is 4.47. The third-order valence-corrected chi connectivity index (χ3v) is 3.60. The Kier molecular flexibility index (Phi) is 2.80. The number of aromatic nitrogens is 1. The molecule has 0 fully saturated rings. The molecule has 3 rings (SSSR count). The van der Waals surface area contributed by atoms with E-state index in [1.165, 1.54) is 18.0 Å². The molecule has 0 saturated carbocycles. The molecule has 0 amide bonds. The maximum Gasteiger partial charge on any atom is 0.151 e. The number of benzene rings is 2. The first-order chi connectivity index (χ1) is 8.74. The Balaban J connectivity index is 2.08. The fraction of sp³-hybridized carbons (Fsp3) is 0. The Morgan fingerprint density at radius 1 is 0.944 bits per heavy atom. The van der Waals surface area contributed by atoms with Gasteiger partial charge in [-0.3, -0.25) is 3.97 Å². The van der Waals surface area contributed by atoms with Crippen LogP contribution in [-0.2, 0) is 0 Å². The van der Waals surface area contributed by atoms with E-state index in [0.29, 0.717) is 10.9 Å². The van der Waals surface area contributed by atoms with Crippen LogP contribution in [0.4, 0.5) is 8.78 Å². The van der Waals surface area contributed by atoms with E-state index in [-0.39, 0.29) is 0 Å². The van der Waals surface area contributed by atoms with Crippen LogP contribution in [0.5, 0.6) is 0 Å². The van der Waals surface area contributed by atoms with Crippen molar-refractivity contribution < 1.29 is 8.78 Å². The van der Waals surface area contributed by atoms with Gasteiger partial charge in [-0.25, -0.2) is 8.78 Å². The second-order valence-electron chi connectivity index (χ2n) is 3.87. The number of nitrogens with zero attached hydrogens (tertiary/aromatic N) is 1. The highest BCUT2D eigenvalue weighted by molar-refractivity contribution is 7.98. The maximum atomic E-state index is 13.8. The van der Waals surface area contributed by atoms with E-state index in [1.54, 1.807) is 16.2 Å². The monoisotopic (exact) mass is 261 g/mol. The lowest BCUT2D eigenvalue weighted by molar-refractivity contribution is 0.590. The summed E-state index contributed by atoms with van der Waals surface area (Å²) >= 11 is 1.40. The molecule has 18 heavy (non-hydrogen) atoms. The number of hydrogen-bond acceptors (Lipinski definition) is 1. The largest absolute Gasteiger partial charge is 0.284 e. The first kappa shape index (κ1) is 11.3. The fourth-order valence-corrected chi connectivity index (χ4v) is 2.75. The van der Waals surface area contributed by atoms with Crippen LogP contribution in [0.1, 0.15) is 0 Å². The Labute approximate surface area is 107 Å². The van der Waals surface area contributed by atoms with Crippen LogP contribution in [0, 0.1) is 11.6 Å². The molecule has 0 saturated heterocycles. The summed E-state index contributed by atoms with van der Waals surface area (Å²) in [6.45, 7) is 0. The van der Waals surface area contributed by atoms with E-state index < -0.39 is 11.6 Å². The van der Waals surface area contributed by atoms with Crippen molar-refractivity contribution >= 4 is 22.9 Å². The topological polar surface area (TPSA) is 4.93 Å². The molecule has 90 valence electrons. The van der Waals surface area contributed by atoms with E-state index in [4.69, 9.17) is 0 Å². The number of rotatable bonds is 2. The van der Waals surface area contributed by atoms with Gasteiger partial charge in [0.2, 0.25) is 0 Å². The highest BCUT2D eigenvalue weighted by Crippen LogP contribution is 2.28. The Hall–Kier alpha value is -1.81. The predicted molar refractivity (Wildman–Crippen MR) is 69.6 cm³/mol. The average Bonchev–Trinajstić information content (AvgIpc) is 2.73. The highest BCUT2D eigenvalue weighted by Gasteiger charge is 2.09. The minimum absolute atomic E-state index is 0.408. The molecule has 0 aliphatic carbocycles. The maximum absolute atomic E-state index is 13.8. The molecule has 2 aromatic carbocycles. The SMILES string of the molecule is Fc1cc(F)c2c(ccn2Sc2ccccc2)c1. The van der Waals surface area contributed by atoms with Gasteiger partial charge < -0.3 is 0 Å². The molecule has 3 aromatic rings. The lowest BCUT2D eigenvalue weighted by Gasteiger charge is -2.05.